The van der Waals surface area contributed by atoms with Crippen LogP contribution in [0.5, 0.6) is 0 Å². The maximum atomic E-state index is 12.5. The van der Waals surface area contributed by atoms with Gasteiger partial charge in [0.15, 0.2) is 0 Å². The Hall–Kier alpha value is -2.67. The minimum atomic E-state index is -3.70. The van der Waals surface area contributed by atoms with Crippen LogP contribution in [-0.2, 0) is 14.8 Å². The van der Waals surface area contributed by atoms with Crippen molar-refractivity contribution in [2.24, 2.45) is 5.92 Å². The number of nitrogens with one attached hydrogen (secondary N) is 1. The molecule has 1 saturated heterocycles. The number of carbonyl (C=O) groups is 2. The van der Waals surface area contributed by atoms with E-state index in [9.17, 15) is 18.0 Å². The van der Waals surface area contributed by atoms with E-state index < -0.39 is 21.8 Å². The van der Waals surface area contributed by atoms with E-state index in [1.165, 1.54) is 12.1 Å². The summed E-state index contributed by atoms with van der Waals surface area (Å²) in [5.41, 5.74) is 3.30. The molecule has 0 unspecified atom stereocenters. The molecule has 0 aliphatic carbocycles. The van der Waals surface area contributed by atoms with Crippen molar-refractivity contribution in [2.45, 2.75) is 20.8 Å². The molecule has 1 fully saturated rings. The van der Waals surface area contributed by atoms with Gasteiger partial charge in [-0.15, -0.1) is 0 Å². The first-order valence-electron chi connectivity index (χ1n) is 8.24. The third-order valence-corrected chi connectivity index (χ3v) is 6.34. The number of nitrogens with zero attached hydrogens (tertiary/aromatic N) is 1. The third kappa shape index (κ3) is 3.35. The largest absolute Gasteiger partial charge is 0.322 e. The third-order valence-electron chi connectivity index (χ3n) is 4.47. The highest BCUT2D eigenvalue weighted by Crippen LogP contribution is 2.29. The van der Waals surface area contributed by atoms with Gasteiger partial charge in [0.25, 0.3) is 5.91 Å². The zero-order valence-electron chi connectivity index (χ0n) is 14.8. The number of hydrogen-bond acceptors (Lipinski definition) is 4. The van der Waals surface area contributed by atoms with Crippen molar-refractivity contribution in [3.63, 3.8) is 0 Å². The first kappa shape index (κ1) is 18.1. The standard InChI is InChI=1S/C19H20N2O4S/c1-12-7-8-16(9-13(12)2)20-18(22)15-5-4-6-17(10-15)21-19(23)14(3)11-26(21,24)25/h4-10,14H,11H2,1-3H3,(H,20,22)/t14-/m1/s1. The number of hydrogen-bond donors (Lipinski definition) is 1. The summed E-state index contributed by atoms with van der Waals surface area (Å²) in [5, 5.41) is 2.79. The number of carbonyl (C=O) groups excluding carboxylic acids is 2. The fraction of sp³-hybridized carbons (Fsp3) is 0.263. The fourth-order valence-electron chi connectivity index (χ4n) is 2.88. The van der Waals surface area contributed by atoms with Crippen LogP contribution >= 0.6 is 0 Å². The van der Waals surface area contributed by atoms with E-state index in [0.29, 0.717) is 5.69 Å². The molecule has 2 aromatic rings. The minimum absolute atomic E-state index is 0.187. The maximum absolute atomic E-state index is 12.5. The van der Waals surface area contributed by atoms with Crippen LogP contribution in [-0.4, -0.2) is 26.0 Å². The summed E-state index contributed by atoms with van der Waals surface area (Å²) in [6.45, 7) is 5.52. The quantitative estimate of drug-likeness (QED) is 0.898. The second kappa shape index (κ2) is 6.57. The summed E-state index contributed by atoms with van der Waals surface area (Å²) in [6, 6.07) is 11.7. The molecule has 26 heavy (non-hydrogen) atoms. The highest BCUT2D eigenvalue weighted by atomic mass is 32.2. The van der Waals surface area contributed by atoms with E-state index in [-0.39, 0.29) is 22.9 Å². The first-order valence-corrected chi connectivity index (χ1v) is 9.85. The molecule has 0 bridgehead atoms. The zero-order valence-corrected chi connectivity index (χ0v) is 15.6. The summed E-state index contributed by atoms with van der Waals surface area (Å²) in [4.78, 5) is 24.7. The summed E-state index contributed by atoms with van der Waals surface area (Å²) in [6.07, 6.45) is 0. The number of benzene rings is 2. The SMILES string of the molecule is Cc1ccc(NC(=O)c2cccc(N3C(=O)[C@H](C)CS3(=O)=O)c2)cc1C. The summed E-state index contributed by atoms with van der Waals surface area (Å²) in [7, 11) is -3.70. The zero-order chi connectivity index (χ0) is 19.1. The predicted molar refractivity (Wildman–Crippen MR) is 101 cm³/mol. The van der Waals surface area contributed by atoms with Crippen LogP contribution in [0.1, 0.15) is 28.4 Å². The lowest BCUT2D eigenvalue weighted by Crippen LogP contribution is -2.30. The smallest absolute Gasteiger partial charge is 0.255 e. The molecular weight excluding hydrogens is 352 g/mol. The van der Waals surface area contributed by atoms with Crippen molar-refractivity contribution in [3.05, 3.63) is 59.2 Å². The average molecular weight is 372 g/mol. The van der Waals surface area contributed by atoms with E-state index in [0.717, 1.165) is 15.4 Å². The molecule has 136 valence electrons. The van der Waals surface area contributed by atoms with Crippen molar-refractivity contribution in [1.82, 2.24) is 0 Å². The van der Waals surface area contributed by atoms with Gasteiger partial charge in [-0.1, -0.05) is 19.1 Å². The molecule has 0 saturated carbocycles. The van der Waals surface area contributed by atoms with Gasteiger partial charge in [0.05, 0.1) is 17.4 Å². The Morgan fingerprint density at radius 1 is 1.12 bits per heavy atom. The number of amides is 2. The first-order chi connectivity index (χ1) is 12.2. The lowest BCUT2D eigenvalue weighted by atomic mass is 10.1. The number of sulfonamides is 1. The molecule has 1 N–H and O–H groups in total. The Bertz CT molecular complexity index is 998. The molecule has 0 radical (unpaired) electrons. The Balaban J connectivity index is 1.88. The van der Waals surface area contributed by atoms with E-state index in [1.807, 2.05) is 26.0 Å². The van der Waals surface area contributed by atoms with Gasteiger partial charge < -0.3 is 5.32 Å². The molecule has 1 heterocycles. The average Bonchev–Trinajstić information content (AvgIpc) is 2.78. The summed E-state index contributed by atoms with van der Waals surface area (Å²) in [5.74, 6) is -1.65. The number of rotatable bonds is 3. The van der Waals surface area contributed by atoms with E-state index in [1.54, 1.807) is 25.1 Å². The van der Waals surface area contributed by atoms with E-state index >= 15 is 0 Å². The van der Waals surface area contributed by atoms with Crippen LogP contribution in [0.15, 0.2) is 42.5 Å². The molecule has 2 aromatic carbocycles. The van der Waals surface area contributed by atoms with Crippen LogP contribution in [0.3, 0.4) is 0 Å². The molecule has 1 aliphatic heterocycles. The van der Waals surface area contributed by atoms with Crippen LogP contribution in [0, 0.1) is 19.8 Å². The van der Waals surface area contributed by atoms with Crippen molar-refractivity contribution in [2.75, 3.05) is 15.4 Å². The molecule has 0 aromatic heterocycles. The monoisotopic (exact) mass is 372 g/mol. The van der Waals surface area contributed by atoms with Crippen molar-refractivity contribution in [1.29, 1.82) is 0 Å². The van der Waals surface area contributed by atoms with Crippen LogP contribution in [0.2, 0.25) is 0 Å². The van der Waals surface area contributed by atoms with Gasteiger partial charge in [0, 0.05) is 11.3 Å². The van der Waals surface area contributed by atoms with Gasteiger partial charge in [-0.05, 0) is 55.3 Å². The molecule has 2 amide bonds. The molecule has 3 rings (SSSR count). The summed E-state index contributed by atoms with van der Waals surface area (Å²) >= 11 is 0. The number of anilines is 2. The second-order valence-corrected chi connectivity index (χ2v) is 8.45. The van der Waals surface area contributed by atoms with Gasteiger partial charge in [-0.3, -0.25) is 9.59 Å². The molecule has 7 heteroatoms. The Labute approximate surface area is 152 Å². The molecule has 6 nitrogen and oxygen atoms in total. The summed E-state index contributed by atoms with van der Waals surface area (Å²) < 4.78 is 25.3. The predicted octanol–water partition coefficient (Wildman–Crippen LogP) is 2.87. The fourth-order valence-corrected chi connectivity index (χ4v) is 4.70. The van der Waals surface area contributed by atoms with Gasteiger partial charge in [-0.25, -0.2) is 12.7 Å². The van der Waals surface area contributed by atoms with Crippen molar-refractivity contribution in [3.8, 4) is 0 Å². The lowest BCUT2D eigenvalue weighted by molar-refractivity contribution is -0.119. The maximum Gasteiger partial charge on any atom is 0.255 e. The Morgan fingerprint density at radius 2 is 1.85 bits per heavy atom. The molecule has 1 aliphatic rings. The highest BCUT2D eigenvalue weighted by Gasteiger charge is 2.42. The van der Waals surface area contributed by atoms with Gasteiger partial charge in [-0.2, -0.15) is 0 Å². The van der Waals surface area contributed by atoms with Gasteiger partial charge in [0.1, 0.15) is 0 Å². The molecular formula is C19H20N2O4S. The number of aryl methyl sites for hydroxylation is 2. The van der Waals surface area contributed by atoms with Crippen molar-refractivity contribution >= 4 is 33.2 Å². The molecule has 1 atom stereocenters. The van der Waals surface area contributed by atoms with Crippen LogP contribution in [0.4, 0.5) is 11.4 Å². The lowest BCUT2D eigenvalue weighted by Gasteiger charge is -2.16. The normalized spacial score (nSPS) is 18.8. The van der Waals surface area contributed by atoms with E-state index in [4.69, 9.17) is 0 Å². The van der Waals surface area contributed by atoms with Crippen LogP contribution in [0.25, 0.3) is 0 Å². The Kier molecular flexibility index (Phi) is 4.58. The second-order valence-electron chi connectivity index (χ2n) is 6.59. The molecule has 0 spiro atoms. The minimum Gasteiger partial charge on any atom is -0.322 e. The van der Waals surface area contributed by atoms with Gasteiger partial charge >= 0.3 is 0 Å². The highest BCUT2D eigenvalue weighted by molar-refractivity contribution is 7.94. The van der Waals surface area contributed by atoms with Crippen molar-refractivity contribution < 1.29 is 18.0 Å². The Morgan fingerprint density at radius 3 is 2.46 bits per heavy atom. The van der Waals surface area contributed by atoms with Gasteiger partial charge in [0.2, 0.25) is 15.9 Å². The van der Waals surface area contributed by atoms with E-state index in [2.05, 4.69) is 5.32 Å². The van der Waals surface area contributed by atoms with Crippen LogP contribution < -0.4 is 9.62 Å². The topological polar surface area (TPSA) is 83.6 Å².